The lowest BCUT2D eigenvalue weighted by atomic mass is 9.81. The molecule has 18 heavy (non-hydrogen) atoms. The molecule has 0 aromatic carbocycles. The first-order valence-electron chi connectivity index (χ1n) is 6.74. The van der Waals surface area contributed by atoms with Gasteiger partial charge >= 0.3 is 5.97 Å². The normalized spacial score (nSPS) is 18.6. The van der Waals surface area contributed by atoms with Gasteiger partial charge in [-0.25, -0.2) is 4.79 Å². The molecule has 0 unspecified atom stereocenters. The fourth-order valence-electron chi connectivity index (χ4n) is 2.35. The van der Waals surface area contributed by atoms with E-state index >= 15 is 0 Å². The maximum Gasteiger partial charge on any atom is 0.329 e. The molecular weight excluding hydrogens is 232 g/mol. The van der Waals surface area contributed by atoms with E-state index in [0.29, 0.717) is 31.8 Å². The van der Waals surface area contributed by atoms with Crippen LogP contribution in [0.15, 0.2) is 0 Å². The van der Waals surface area contributed by atoms with Gasteiger partial charge in [0, 0.05) is 19.0 Å². The van der Waals surface area contributed by atoms with Crippen LogP contribution in [0.3, 0.4) is 0 Å². The third kappa shape index (κ3) is 4.29. The highest BCUT2D eigenvalue weighted by molar-refractivity contribution is 5.87. The molecule has 0 radical (unpaired) electrons. The zero-order chi connectivity index (χ0) is 13.6. The van der Waals surface area contributed by atoms with E-state index in [-0.39, 0.29) is 5.91 Å². The number of carboxylic acids is 1. The molecule has 0 aromatic heterocycles. The highest BCUT2D eigenvalue weighted by Gasteiger charge is 2.40. The summed E-state index contributed by atoms with van der Waals surface area (Å²) in [5.74, 6) is -1.07. The van der Waals surface area contributed by atoms with Crippen molar-refractivity contribution in [1.29, 1.82) is 0 Å². The predicted molar refractivity (Wildman–Crippen MR) is 69.4 cm³/mol. The minimum absolute atomic E-state index is 0.174. The molecule has 0 saturated heterocycles. The van der Waals surface area contributed by atoms with E-state index in [4.69, 9.17) is 0 Å². The molecule has 3 N–H and O–H groups in total. The molecule has 0 aromatic rings. The Morgan fingerprint density at radius 1 is 1.22 bits per heavy atom. The monoisotopic (exact) mass is 256 g/mol. The van der Waals surface area contributed by atoms with Crippen molar-refractivity contribution in [2.24, 2.45) is 0 Å². The van der Waals surface area contributed by atoms with Crippen LogP contribution in [0, 0.1) is 0 Å². The van der Waals surface area contributed by atoms with Crippen LogP contribution in [0.4, 0.5) is 0 Å². The zero-order valence-electron chi connectivity index (χ0n) is 11.3. The Hall–Kier alpha value is -1.10. The summed E-state index contributed by atoms with van der Waals surface area (Å²) in [6, 6.07) is 0.334. The van der Waals surface area contributed by atoms with Crippen LogP contribution in [-0.2, 0) is 9.59 Å². The van der Waals surface area contributed by atoms with Crippen LogP contribution in [0.2, 0.25) is 0 Å². The van der Waals surface area contributed by atoms with Gasteiger partial charge in [-0.2, -0.15) is 0 Å². The van der Waals surface area contributed by atoms with Crippen LogP contribution in [0.5, 0.6) is 0 Å². The van der Waals surface area contributed by atoms with E-state index in [1.165, 1.54) is 0 Å². The summed E-state index contributed by atoms with van der Waals surface area (Å²) in [6.45, 7) is 4.61. The average Bonchev–Trinajstić information content (AvgIpc) is 2.29. The lowest BCUT2D eigenvalue weighted by Gasteiger charge is -2.34. The number of aliphatic carboxylic acids is 1. The quantitative estimate of drug-likeness (QED) is 0.669. The van der Waals surface area contributed by atoms with Crippen molar-refractivity contribution in [1.82, 2.24) is 10.6 Å². The fourth-order valence-corrected chi connectivity index (χ4v) is 2.35. The van der Waals surface area contributed by atoms with Crippen molar-refractivity contribution in [3.05, 3.63) is 0 Å². The number of nitrogens with one attached hydrogen (secondary N) is 2. The van der Waals surface area contributed by atoms with Gasteiger partial charge in [-0.15, -0.1) is 0 Å². The maximum absolute atomic E-state index is 11.8. The van der Waals surface area contributed by atoms with Gasteiger partial charge in [0.1, 0.15) is 5.54 Å². The number of carbonyl (C=O) groups is 2. The van der Waals surface area contributed by atoms with Crippen molar-refractivity contribution in [2.45, 2.75) is 64.0 Å². The number of hydrogen-bond donors (Lipinski definition) is 3. The summed E-state index contributed by atoms with van der Waals surface area (Å²) >= 11 is 0. The largest absolute Gasteiger partial charge is 0.480 e. The molecule has 0 aliphatic heterocycles. The van der Waals surface area contributed by atoms with Crippen molar-refractivity contribution >= 4 is 11.9 Å². The summed E-state index contributed by atoms with van der Waals surface area (Å²) in [7, 11) is 0. The summed E-state index contributed by atoms with van der Waals surface area (Å²) in [5.41, 5.74) is -1.02. The Kier molecular flexibility index (Phi) is 5.59. The summed E-state index contributed by atoms with van der Waals surface area (Å²) in [6.07, 6.45) is 4.22. The van der Waals surface area contributed by atoms with Gasteiger partial charge in [0.2, 0.25) is 5.91 Å². The van der Waals surface area contributed by atoms with E-state index in [1.54, 1.807) is 0 Å². The highest BCUT2D eigenvalue weighted by Crippen LogP contribution is 2.28. The second-order valence-corrected chi connectivity index (χ2v) is 5.35. The molecule has 0 atom stereocenters. The van der Waals surface area contributed by atoms with Crippen LogP contribution in [0.1, 0.15) is 52.4 Å². The minimum atomic E-state index is -1.02. The standard InChI is InChI=1S/C13H24N2O3/c1-10(2)14-9-6-11(16)15-13(12(17)18)7-4-3-5-8-13/h10,14H,3-9H2,1-2H3,(H,15,16)(H,17,18). The Bertz CT molecular complexity index is 297. The zero-order valence-corrected chi connectivity index (χ0v) is 11.3. The van der Waals surface area contributed by atoms with Crippen molar-refractivity contribution in [3.63, 3.8) is 0 Å². The molecule has 1 amide bonds. The van der Waals surface area contributed by atoms with E-state index in [9.17, 15) is 14.7 Å². The molecule has 0 spiro atoms. The summed E-state index contributed by atoms with van der Waals surface area (Å²) in [5, 5.41) is 15.2. The molecule has 0 bridgehead atoms. The Labute approximate surface area is 108 Å². The number of amides is 1. The van der Waals surface area contributed by atoms with Crippen molar-refractivity contribution in [3.8, 4) is 0 Å². The smallest absolute Gasteiger partial charge is 0.329 e. The Morgan fingerprint density at radius 2 is 1.83 bits per heavy atom. The number of hydrogen-bond acceptors (Lipinski definition) is 3. The predicted octanol–water partition coefficient (Wildman–Crippen LogP) is 1.28. The topological polar surface area (TPSA) is 78.4 Å². The van der Waals surface area contributed by atoms with E-state index in [2.05, 4.69) is 10.6 Å². The van der Waals surface area contributed by atoms with Gasteiger partial charge in [0.25, 0.3) is 0 Å². The average molecular weight is 256 g/mol. The van der Waals surface area contributed by atoms with Crippen LogP contribution < -0.4 is 10.6 Å². The van der Waals surface area contributed by atoms with E-state index in [1.807, 2.05) is 13.8 Å². The van der Waals surface area contributed by atoms with Crippen LogP contribution in [0.25, 0.3) is 0 Å². The summed E-state index contributed by atoms with van der Waals surface area (Å²) < 4.78 is 0. The van der Waals surface area contributed by atoms with Crippen LogP contribution in [-0.4, -0.2) is 35.1 Å². The molecule has 1 saturated carbocycles. The van der Waals surface area contributed by atoms with Gasteiger partial charge in [-0.3, -0.25) is 4.79 Å². The second kappa shape index (κ2) is 6.73. The molecule has 1 rings (SSSR count). The minimum Gasteiger partial charge on any atom is -0.480 e. The summed E-state index contributed by atoms with van der Waals surface area (Å²) in [4.78, 5) is 23.2. The van der Waals surface area contributed by atoms with Crippen molar-refractivity contribution < 1.29 is 14.7 Å². The third-order valence-corrected chi connectivity index (χ3v) is 3.40. The SMILES string of the molecule is CC(C)NCCC(=O)NC1(C(=O)O)CCCCC1. The van der Waals surface area contributed by atoms with Gasteiger partial charge in [0.05, 0.1) is 0 Å². The third-order valence-electron chi connectivity index (χ3n) is 3.40. The second-order valence-electron chi connectivity index (χ2n) is 5.35. The lowest BCUT2D eigenvalue weighted by Crippen LogP contribution is -2.55. The van der Waals surface area contributed by atoms with E-state index < -0.39 is 11.5 Å². The van der Waals surface area contributed by atoms with Crippen LogP contribution >= 0.6 is 0 Å². The highest BCUT2D eigenvalue weighted by atomic mass is 16.4. The first-order chi connectivity index (χ1) is 8.46. The maximum atomic E-state index is 11.8. The van der Waals surface area contributed by atoms with Gasteiger partial charge in [-0.05, 0) is 12.8 Å². The van der Waals surface area contributed by atoms with Gasteiger partial charge < -0.3 is 15.7 Å². The molecule has 1 aliphatic rings. The molecule has 104 valence electrons. The fraction of sp³-hybridized carbons (Fsp3) is 0.846. The lowest BCUT2D eigenvalue weighted by molar-refractivity contribution is -0.149. The number of rotatable bonds is 6. The van der Waals surface area contributed by atoms with Gasteiger partial charge in [0.15, 0.2) is 0 Å². The molecular formula is C13H24N2O3. The Morgan fingerprint density at radius 3 is 2.33 bits per heavy atom. The Balaban J connectivity index is 2.46. The molecule has 5 nitrogen and oxygen atoms in total. The first kappa shape index (κ1) is 15.0. The van der Waals surface area contributed by atoms with E-state index in [0.717, 1.165) is 19.3 Å². The van der Waals surface area contributed by atoms with Crippen molar-refractivity contribution in [2.75, 3.05) is 6.54 Å². The number of carbonyl (C=O) groups excluding carboxylic acids is 1. The van der Waals surface area contributed by atoms with Gasteiger partial charge in [-0.1, -0.05) is 33.1 Å². The number of carboxylic acid groups (broad SMARTS) is 1. The first-order valence-corrected chi connectivity index (χ1v) is 6.74. The molecule has 0 heterocycles. The molecule has 1 aliphatic carbocycles. The molecule has 1 fully saturated rings. The molecule has 5 heteroatoms.